The van der Waals surface area contributed by atoms with Crippen LogP contribution in [0.2, 0.25) is 0 Å². The molecule has 0 bridgehead atoms. The Hall–Kier alpha value is -0.290. The molecule has 0 spiro atoms. The van der Waals surface area contributed by atoms with Crippen molar-refractivity contribution >= 4 is 33.5 Å². The van der Waals surface area contributed by atoms with Gasteiger partial charge in [0.2, 0.25) is 0 Å². The number of Topliss-reactive ketones (excluding diaryl/α,β-unsaturated/α-hetero) is 1. The summed E-state index contributed by atoms with van der Waals surface area (Å²) in [4.78, 5) is 11.9. The second-order valence-electron chi connectivity index (χ2n) is 3.42. The molecule has 84 valence electrons. The Labute approximate surface area is 103 Å². The first kappa shape index (κ1) is 12.8. The van der Waals surface area contributed by atoms with Crippen molar-refractivity contribution in [3.8, 4) is 0 Å². The number of hydrogen-bond acceptors (Lipinski definition) is 3. The maximum absolute atomic E-state index is 11.9. The standard InChI is InChI=1S/C10H15BrN2OS/c1-4-7(2)15-6-9(14)10-8(11)5-12-13(10)3/h5,7H,4,6H2,1-3H3. The fourth-order valence-corrected chi connectivity index (χ4v) is 2.51. The van der Waals surface area contributed by atoms with Crippen molar-refractivity contribution in [2.75, 3.05) is 5.75 Å². The first-order valence-electron chi connectivity index (χ1n) is 4.88. The third-order valence-electron chi connectivity index (χ3n) is 2.23. The predicted molar refractivity (Wildman–Crippen MR) is 67.4 cm³/mol. The molecule has 0 N–H and O–H groups in total. The molecular formula is C10H15BrN2OS. The minimum atomic E-state index is 0.132. The van der Waals surface area contributed by atoms with Crippen molar-refractivity contribution in [2.24, 2.45) is 7.05 Å². The highest BCUT2D eigenvalue weighted by atomic mass is 79.9. The largest absolute Gasteiger partial charge is 0.291 e. The quantitative estimate of drug-likeness (QED) is 0.782. The molecule has 0 aliphatic carbocycles. The van der Waals surface area contributed by atoms with E-state index in [2.05, 4.69) is 34.9 Å². The Bertz CT molecular complexity index is 332. The molecule has 1 unspecified atom stereocenters. The summed E-state index contributed by atoms with van der Waals surface area (Å²) in [5.74, 6) is 0.653. The molecule has 0 aliphatic rings. The van der Waals surface area contributed by atoms with Crippen LogP contribution in [0.3, 0.4) is 0 Å². The molecule has 1 atom stereocenters. The van der Waals surface area contributed by atoms with Gasteiger partial charge in [-0.1, -0.05) is 13.8 Å². The number of rotatable bonds is 5. The van der Waals surface area contributed by atoms with E-state index in [1.54, 1.807) is 29.7 Å². The molecule has 0 aliphatic heterocycles. The maximum Gasteiger partial charge on any atom is 0.191 e. The molecule has 3 nitrogen and oxygen atoms in total. The molecule has 5 heteroatoms. The molecule has 0 aromatic carbocycles. The smallest absolute Gasteiger partial charge is 0.191 e. The van der Waals surface area contributed by atoms with Gasteiger partial charge in [0.25, 0.3) is 0 Å². The highest BCUT2D eigenvalue weighted by Gasteiger charge is 2.15. The van der Waals surface area contributed by atoms with Gasteiger partial charge in [-0.3, -0.25) is 9.48 Å². The molecule has 1 aromatic heterocycles. The molecule has 0 amide bonds. The number of thioether (sulfide) groups is 1. The topological polar surface area (TPSA) is 34.9 Å². The first-order chi connectivity index (χ1) is 7.06. The van der Waals surface area contributed by atoms with E-state index in [-0.39, 0.29) is 5.78 Å². The van der Waals surface area contributed by atoms with Gasteiger partial charge in [0.1, 0.15) is 5.69 Å². The van der Waals surface area contributed by atoms with E-state index >= 15 is 0 Å². The Morgan fingerprint density at radius 1 is 1.73 bits per heavy atom. The molecule has 0 fully saturated rings. The van der Waals surface area contributed by atoms with Gasteiger partial charge in [0.15, 0.2) is 5.78 Å². The average Bonchev–Trinajstić information content (AvgIpc) is 2.54. The van der Waals surface area contributed by atoms with Gasteiger partial charge in [-0.15, -0.1) is 0 Å². The summed E-state index contributed by atoms with van der Waals surface area (Å²) < 4.78 is 2.39. The van der Waals surface area contributed by atoms with Crippen LogP contribution in [0.25, 0.3) is 0 Å². The molecule has 1 aromatic rings. The SMILES string of the molecule is CCC(C)SCC(=O)c1c(Br)cnn1C. The lowest BCUT2D eigenvalue weighted by atomic mass is 10.3. The summed E-state index contributed by atoms with van der Waals surface area (Å²) in [5.41, 5.74) is 0.658. The number of ketones is 1. The fraction of sp³-hybridized carbons (Fsp3) is 0.600. The number of aromatic nitrogens is 2. The number of aryl methyl sites for hydroxylation is 1. The van der Waals surface area contributed by atoms with E-state index in [0.29, 0.717) is 16.7 Å². The first-order valence-corrected chi connectivity index (χ1v) is 6.72. The van der Waals surface area contributed by atoms with E-state index in [4.69, 9.17) is 0 Å². The summed E-state index contributed by atoms with van der Waals surface area (Å²) in [5, 5.41) is 4.55. The number of hydrogen-bond donors (Lipinski definition) is 0. The lowest BCUT2D eigenvalue weighted by Crippen LogP contribution is -2.11. The van der Waals surface area contributed by atoms with Crippen molar-refractivity contribution < 1.29 is 4.79 Å². The zero-order valence-corrected chi connectivity index (χ0v) is 11.6. The molecule has 1 rings (SSSR count). The second kappa shape index (κ2) is 5.70. The number of nitrogens with zero attached hydrogens (tertiary/aromatic N) is 2. The fourth-order valence-electron chi connectivity index (χ4n) is 1.13. The summed E-state index contributed by atoms with van der Waals surface area (Å²) in [6.07, 6.45) is 2.74. The third-order valence-corrected chi connectivity index (χ3v) is 4.14. The van der Waals surface area contributed by atoms with Gasteiger partial charge >= 0.3 is 0 Å². The highest BCUT2D eigenvalue weighted by molar-refractivity contribution is 9.10. The third kappa shape index (κ3) is 3.34. The molecule has 0 saturated carbocycles. The van der Waals surface area contributed by atoms with Gasteiger partial charge in [-0.2, -0.15) is 16.9 Å². The van der Waals surface area contributed by atoms with E-state index in [1.165, 1.54) is 0 Å². The Morgan fingerprint density at radius 3 is 2.87 bits per heavy atom. The lowest BCUT2D eigenvalue weighted by molar-refractivity contribution is 0.101. The van der Waals surface area contributed by atoms with Crippen LogP contribution in [0.4, 0.5) is 0 Å². The summed E-state index contributed by atoms with van der Waals surface area (Å²) >= 11 is 5.02. The van der Waals surface area contributed by atoms with Crippen LogP contribution in [-0.2, 0) is 7.05 Å². The molecule has 0 saturated heterocycles. The van der Waals surface area contributed by atoms with Crippen molar-refractivity contribution in [1.29, 1.82) is 0 Å². The number of halogens is 1. The average molecular weight is 291 g/mol. The van der Waals surface area contributed by atoms with Crippen LogP contribution in [0.15, 0.2) is 10.7 Å². The van der Waals surface area contributed by atoms with Crippen LogP contribution in [0, 0.1) is 0 Å². The monoisotopic (exact) mass is 290 g/mol. The van der Waals surface area contributed by atoms with Gasteiger partial charge in [-0.05, 0) is 22.4 Å². The van der Waals surface area contributed by atoms with Gasteiger partial charge < -0.3 is 0 Å². The maximum atomic E-state index is 11.9. The van der Waals surface area contributed by atoms with Crippen LogP contribution >= 0.6 is 27.7 Å². The Kier molecular flexibility index (Phi) is 4.86. The van der Waals surface area contributed by atoms with E-state index in [1.807, 2.05) is 0 Å². The molecular weight excluding hydrogens is 276 g/mol. The minimum absolute atomic E-state index is 0.132. The van der Waals surface area contributed by atoms with Crippen LogP contribution < -0.4 is 0 Å². The molecule has 0 radical (unpaired) electrons. The summed E-state index contributed by atoms with van der Waals surface area (Å²) in [7, 11) is 1.78. The van der Waals surface area contributed by atoms with Crippen LogP contribution in [0.1, 0.15) is 30.8 Å². The van der Waals surface area contributed by atoms with E-state index in [0.717, 1.165) is 10.9 Å². The molecule has 15 heavy (non-hydrogen) atoms. The van der Waals surface area contributed by atoms with Crippen molar-refractivity contribution in [3.63, 3.8) is 0 Å². The number of carbonyl (C=O) groups excluding carboxylic acids is 1. The van der Waals surface area contributed by atoms with Gasteiger partial charge in [0.05, 0.1) is 16.4 Å². The van der Waals surface area contributed by atoms with E-state index < -0.39 is 0 Å². The van der Waals surface area contributed by atoms with Crippen LogP contribution in [0.5, 0.6) is 0 Å². The Morgan fingerprint density at radius 2 is 2.40 bits per heavy atom. The highest BCUT2D eigenvalue weighted by Crippen LogP contribution is 2.20. The zero-order chi connectivity index (χ0) is 11.4. The predicted octanol–water partition coefficient (Wildman–Crippen LogP) is 2.90. The number of carbonyl (C=O) groups is 1. The molecule has 1 heterocycles. The lowest BCUT2D eigenvalue weighted by Gasteiger charge is -2.07. The summed E-state index contributed by atoms with van der Waals surface area (Å²) in [6.45, 7) is 4.26. The van der Waals surface area contributed by atoms with Crippen molar-refractivity contribution in [3.05, 3.63) is 16.4 Å². The van der Waals surface area contributed by atoms with Crippen LogP contribution in [-0.4, -0.2) is 26.6 Å². The van der Waals surface area contributed by atoms with Gasteiger partial charge in [-0.25, -0.2) is 0 Å². The van der Waals surface area contributed by atoms with Gasteiger partial charge in [0, 0.05) is 12.3 Å². The van der Waals surface area contributed by atoms with Crippen molar-refractivity contribution in [2.45, 2.75) is 25.5 Å². The second-order valence-corrected chi connectivity index (χ2v) is 5.70. The minimum Gasteiger partial charge on any atom is -0.291 e. The Balaban J connectivity index is 2.62. The summed E-state index contributed by atoms with van der Waals surface area (Å²) in [6, 6.07) is 0. The van der Waals surface area contributed by atoms with Crippen molar-refractivity contribution in [1.82, 2.24) is 9.78 Å². The zero-order valence-electron chi connectivity index (χ0n) is 9.16. The normalized spacial score (nSPS) is 12.8. The van der Waals surface area contributed by atoms with E-state index in [9.17, 15) is 4.79 Å².